The van der Waals surface area contributed by atoms with Crippen LogP contribution in [0.15, 0.2) is 22.8 Å². The minimum atomic E-state index is 0.0634. The van der Waals surface area contributed by atoms with E-state index in [1.165, 1.54) is 0 Å². The van der Waals surface area contributed by atoms with Gasteiger partial charge >= 0.3 is 0 Å². The molecule has 0 N–H and O–H groups in total. The van der Waals surface area contributed by atoms with Gasteiger partial charge in [0.05, 0.1) is 0 Å². The molecule has 1 saturated carbocycles. The molecule has 0 saturated heterocycles. The zero-order valence-corrected chi connectivity index (χ0v) is 11.6. The third-order valence-electron chi connectivity index (χ3n) is 2.96. The number of unbranched alkanes of at least 4 members (excludes halogenated alkanes) is 1. The Labute approximate surface area is 110 Å². The Morgan fingerprint density at radius 1 is 1.59 bits per heavy atom. The number of carbonyl (C=O) groups is 1. The van der Waals surface area contributed by atoms with Crippen molar-refractivity contribution in [2.45, 2.75) is 38.6 Å². The van der Waals surface area contributed by atoms with Crippen molar-refractivity contribution in [2.75, 3.05) is 6.54 Å². The first-order valence-corrected chi connectivity index (χ1v) is 6.94. The smallest absolute Gasteiger partial charge is 0.273 e. The fourth-order valence-electron chi connectivity index (χ4n) is 1.84. The number of hydrogen-bond donors (Lipinski definition) is 0. The topological polar surface area (TPSA) is 33.2 Å². The van der Waals surface area contributed by atoms with Crippen molar-refractivity contribution < 1.29 is 4.79 Å². The zero-order valence-electron chi connectivity index (χ0n) is 10.0. The maximum Gasteiger partial charge on any atom is 0.273 e. The van der Waals surface area contributed by atoms with Crippen LogP contribution in [-0.4, -0.2) is 28.4 Å². The molecule has 0 atom stereocenters. The van der Waals surface area contributed by atoms with Crippen molar-refractivity contribution >= 4 is 21.8 Å². The van der Waals surface area contributed by atoms with Crippen LogP contribution in [0, 0.1) is 0 Å². The van der Waals surface area contributed by atoms with Crippen LogP contribution in [0.5, 0.6) is 0 Å². The summed E-state index contributed by atoms with van der Waals surface area (Å²) in [6.45, 7) is 3.00. The Kier molecular flexibility index (Phi) is 4.15. The largest absolute Gasteiger partial charge is 0.334 e. The molecule has 1 aliphatic carbocycles. The molecule has 4 heteroatoms. The summed E-state index contributed by atoms with van der Waals surface area (Å²) in [4.78, 5) is 18.5. The van der Waals surface area contributed by atoms with Crippen LogP contribution >= 0.6 is 15.9 Å². The molecule has 0 spiro atoms. The van der Waals surface area contributed by atoms with E-state index >= 15 is 0 Å². The molecule has 1 heterocycles. The summed E-state index contributed by atoms with van der Waals surface area (Å²) in [6, 6.07) is 4.14. The molecular formula is C13H17BrN2O. The average Bonchev–Trinajstić information content (AvgIpc) is 3.14. The first-order chi connectivity index (χ1) is 8.24. The van der Waals surface area contributed by atoms with Crippen LogP contribution in [0.3, 0.4) is 0 Å². The third kappa shape index (κ3) is 3.06. The van der Waals surface area contributed by atoms with E-state index in [0.29, 0.717) is 11.7 Å². The Hall–Kier alpha value is -0.900. The van der Waals surface area contributed by atoms with Gasteiger partial charge in [0.1, 0.15) is 5.69 Å². The second kappa shape index (κ2) is 5.63. The number of nitrogens with zero attached hydrogens (tertiary/aromatic N) is 2. The molecular weight excluding hydrogens is 280 g/mol. The van der Waals surface area contributed by atoms with Gasteiger partial charge in [-0.2, -0.15) is 0 Å². The minimum absolute atomic E-state index is 0.0634. The van der Waals surface area contributed by atoms with Gasteiger partial charge in [-0.1, -0.05) is 13.3 Å². The summed E-state index contributed by atoms with van der Waals surface area (Å²) < 4.78 is 0.784. The van der Waals surface area contributed by atoms with Gasteiger partial charge in [0.2, 0.25) is 0 Å². The number of hydrogen-bond acceptors (Lipinski definition) is 2. The van der Waals surface area contributed by atoms with Crippen molar-refractivity contribution in [1.82, 2.24) is 9.88 Å². The van der Waals surface area contributed by atoms with Crippen LogP contribution in [0.25, 0.3) is 0 Å². The third-order valence-corrected chi connectivity index (χ3v) is 3.60. The van der Waals surface area contributed by atoms with Gasteiger partial charge in [0.25, 0.3) is 5.91 Å². The lowest BCUT2D eigenvalue weighted by atomic mass is 10.2. The van der Waals surface area contributed by atoms with E-state index < -0.39 is 0 Å². The van der Waals surface area contributed by atoms with Crippen LogP contribution in [0.2, 0.25) is 0 Å². The first kappa shape index (κ1) is 12.6. The van der Waals surface area contributed by atoms with Crippen molar-refractivity contribution in [3.8, 4) is 0 Å². The van der Waals surface area contributed by atoms with Gasteiger partial charge in [0.15, 0.2) is 0 Å². The van der Waals surface area contributed by atoms with Crippen LogP contribution in [-0.2, 0) is 0 Å². The van der Waals surface area contributed by atoms with E-state index in [0.717, 1.165) is 36.7 Å². The predicted octanol–water partition coefficient (Wildman–Crippen LogP) is 3.25. The quantitative estimate of drug-likeness (QED) is 0.836. The van der Waals surface area contributed by atoms with E-state index in [-0.39, 0.29) is 5.91 Å². The molecule has 1 fully saturated rings. The molecule has 0 unspecified atom stereocenters. The summed E-state index contributed by atoms with van der Waals surface area (Å²) >= 11 is 3.39. The highest BCUT2D eigenvalue weighted by atomic mass is 79.9. The normalized spacial score (nSPS) is 14.7. The van der Waals surface area contributed by atoms with E-state index in [9.17, 15) is 4.79 Å². The SMILES string of the molecule is CCCCN(C(=O)c1ncccc1Br)C1CC1. The standard InChI is InChI=1S/C13H17BrN2O/c1-2-3-9-16(10-6-7-10)13(17)12-11(14)5-4-8-15-12/h4-5,8,10H,2-3,6-7,9H2,1H3. The van der Waals surface area contributed by atoms with Gasteiger partial charge in [-0.3, -0.25) is 4.79 Å². The van der Waals surface area contributed by atoms with Crippen LogP contribution in [0.1, 0.15) is 43.1 Å². The molecule has 2 rings (SSSR count). The van der Waals surface area contributed by atoms with E-state index in [2.05, 4.69) is 27.8 Å². The lowest BCUT2D eigenvalue weighted by molar-refractivity contribution is 0.0734. The molecule has 3 nitrogen and oxygen atoms in total. The molecule has 92 valence electrons. The maximum atomic E-state index is 12.4. The molecule has 1 aromatic rings. The van der Waals surface area contributed by atoms with E-state index in [1.54, 1.807) is 6.20 Å². The van der Waals surface area contributed by atoms with Crippen LogP contribution < -0.4 is 0 Å². The number of aromatic nitrogens is 1. The van der Waals surface area contributed by atoms with Crippen molar-refractivity contribution in [2.24, 2.45) is 0 Å². The molecule has 0 aliphatic heterocycles. The Morgan fingerprint density at radius 2 is 2.35 bits per heavy atom. The highest BCUT2D eigenvalue weighted by molar-refractivity contribution is 9.10. The summed E-state index contributed by atoms with van der Waals surface area (Å²) in [7, 11) is 0. The highest BCUT2D eigenvalue weighted by Gasteiger charge is 2.33. The van der Waals surface area contributed by atoms with Gasteiger partial charge < -0.3 is 4.90 Å². The predicted molar refractivity (Wildman–Crippen MR) is 70.9 cm³/mol. The maximum absolute atomic E-state index is 12.4. The van der Waals surface area contributed by atoms with E-state index in [4.69, 9.17) is 0 Å². The lowest BCUT2D eigenvalue weighted by Crippen LogP contribution is -2.34. The second-order valence-corrected chi connectivity index (χ2v) is 5.27. The molecule has 0 radical (unpaired) electrons. The number of halogens is 1. The monoisotopic (exact) mass is 296 g/mol. The van der Waals surface area contributed by atoms with Crippen molar-refractivity contribution in [1.29, 1.82) is 0 Å². The van der Waals surface area contributed by atoms with E-state index in [1.807, 2.05) is 17.0 Å². The van der Waals surface area contributed by atoms with Gasteiger partial charge in [0, 0.05) is 23.3 Å². The number of pyridine rings is 1. The number of carbonyl (C=O) groups excluding carboxylic acids is 1. The fourth-order valence-corrected chi connectivity index (χ4v) is 2.27. The lowest BCUT2D eigenvalue weighted by Gasteiger charge is -2.22. The van der Waals surface area contributed by atoms with Crippen molar-refractivity contribution in [3.05, 3.63) is 28.5 Å². The number of rotatable bonds is 5. The molecule has 17 heavy (non-hydrogen) atoms. The molecule has 1 aromatic heterocycles. The Bertz CT molecular complexity index is 404. The zero-order chi connectivity index (χ0) is 12.3. The van der Waals surface area contributed by atoms with Gasteiger partial charge in [-0.15, -0.1) is 0 Å². The average molecular weight is 297 g/mol. The van der Waals surface area contributed by atoms with Crippen LogP contribution in [0.4, 0.5) is 0 Å². The second-order valence-electron chi connectivity index (χ2n) is 4.42. The van der Waals surface area contributed by atoms with Crippen molar-refractivity contribution in [3.63, 3.8) is 0 Å². The summed E-state index contributed by atoms with van der Waals surface area (Å²) in [5.41, 5.74) is 0.538. The Morgan fingerprint density at radius 3 is 2.94 bits per heavy atom. The highest BCUT2D eigenvalue weighted by Crippen LogP contribution is 2.29. The van der Waals surface area contributed by atoms with Gasteiger partial charge in [-0.25, -0.2) is 4.98 Å². The minimum Gasteiger partial charge on any atom is -0.334 e. The Balaban J connectivity index is 2.13. The molecule has 0 bridgehead atoms. The molecule has 1 amide bonds. The number of amides is 1. The summed E-state index contributed by atoms with van der Waals surface area (Å²) in [6.07, 6.45) is 6.12. The summed E-state index contributed by atoms with van der Waals surface area (Å²) in [5, 5.41) is 0. The van der Waals surface area contributed by atoms with Gasteiger partial charge in [-0.05, 0) is 47.3 Å². The molecule has 1 aliphatic rings. The molecule has 0 aromatic carbocycles. The first-order valence-electron chi connectivity index (χ1n) is 6.15. The fraction of sp³-hybridized carbons (Fsp3) is 0.538. The summed E-state index contributed by atoms with van der Waals surface area (Å²) in [5.74, 6) is 0.0634.